The van der Waals surface area contributed by atoms with Gasteiger partial charge < -0.3 is 19.4 Å². The molecule has 3 fully saturated rings. The Morgan fingerprint density at radius 2 is 1.62 bits per heavy atom. The number of carbonyl (C=O) groups is 5. The van der Waals surface area contributed by atoms with Crippen LogP contribution in [-0.4, -0.2) is 84.8 Å². The normalized spacial score (nSPS) is 21.2. The van der Waals surface area contributed by atoms with Crippen LogP contribution in [0.1, 0.15) is 80.0 Å². The zero-order valence-electron chi connectivity index (χ0n) is 23.7. The number of ether oxygens (including phenoxy) is 1. The lowest BCUT2D eigenvalue weighted by Gasteiger charge is -2.41. The molecule has 1 aromatic rings. The summed E-state index contributed by atoms with van der Waals surface area (Å²) in [4.78, 5) is 66.1. The SMILES string of the molecule is CN(C(=O)c1cc(N2CCC(C3CCN(C(=O)OC(C)(C)C)CC3)CC2)c(F)cc1C=O)C1CCC(=O)NC1=O. The van der Waals surface area contributed by atoms with E-state index in [2.05, 4.69) is 5.32 Å². The van der Waals surface area contributed by atoms with Gasteiger partial charge in [-0.25, -0.2) is 9.18 Å². The number of anilines is 1. The minimum absolute atomic E-state index is 0.0234. The molecule has 0 spiro atoms. The van der Waals surface area contributed by atoms with Gasteiger partial charge in [0.1, 0.15) is 17.5 Å². The van der Waals surface area contributed by atoms with Gasteiger partial charge in [-0.05, 0) is 76.8 Å². The Morgan fingerprint density at radius 3 is 2.17 bits per heavy atom. The standard InChI is InChI=1S/C29H39FN4O6/c1-29(2,3)40-28(39)34-13-9-19(10-14-34)18-7-11-33(12-8-18)24-16-21(20(17-35)15-22(24)30)27(38)32(4)23-5-6-25(36)31-26(23)37/h15-19,23H,5-14H2,1-4H3,(H,31,36,37). The highest BCUT2D eigenvalue weighted by Crippen LogP contribution is 2.35. The van der Waals surface area contributed by atoms with Crippen molar-refractivity contribution >= 4 is 35.8 Å². The van der Waals surface area contributed by atoms with Gasteiger partial charge in [0.15, 0.2) is 6.29 Å². The molecule has 1 N–H and O–H groups in total. The molecule has 40 heavy (non-hydrogen) atoms. The molecular weight excluding hydrogens is 519 g/mol. The molecule has 1 aromatic carbocycles. The van der Waals surface area contributed by atoms with Crippen LogP contribution in [0.2, 0.25) is 0 Å². The molecule has 3 heterocycles. The lowest BCUT2D eigenvalue weighted by Crippen LogP contribution is -2.53. The number of hydrogen-bond donors (Lipinski definition) is 1. The topological polar surface area (TPSA) is 116 Å². The van der Waals surface area contributed by atoms with Gasteiger partial charge in [0.05, 0.1) is 11.3 Å². The fourth-order valence-corrected chi connectivity index (χ4v) is 5.98. The third kappa shape index (κ3) is 6.62. The summed E-state index contributed by atoms with van der Waals surface area (Å²) in [6, 6.07) is 1.63. The van der Waals surface area contributed by atoms with Crippen LogP contribution < -0.4 is 10.2 Å². The van der Waals surface area contributed by atoms with Crippen molar-refractivity contribution in [3.8, 4) is 0 Å². The molecule has 0 bridgehead atoms. The van der Waals surface area contributed by atoms with Gasteiger partial charge in [-0.2, -0.15) is 0 Å². The predicted octanol–water partition coefficient (Wildman–Crippen LogP) is 3.38. The highest BCUT2D eigenvalue weighted by atomic mass is 19.1. The van der Waals surface area contributed by atoms with Crippen LogP contribution in [0, 0.1) is 17.7 Å². The van der Waals surface area contributed by atoms with Crippen molar-refractivity contribution in [1.82, 2.24) is 15.1 Å². The number of aldehydes is 1. The van der Waals surface area contributed by atoms with Crippen molar-refractivity contribution in [2.45, 2.75) is 70.9 Å². The Bertz CT molecular complexity index is 1170. The third-order valence-electron chi connectivity index (χ3n) is 8.21. The van der Waals surface area contributed by atoms with Gasteiger partial charge in [-0.15, -0.1) is 0 Å². The van der Waals surface area contributed by atoms with Crippen LogP contribution in [0.4, 0.5) is 14.9 Å². The molecular formula is C29H39FN4O6. The van der Waals surface area contributed by atoms with Gasteiger partial charge >= 0.3 is 6.09 Å². The van der Waals surface area contributed by atoms with Gasteiger partial charge in [0.25, 0.3) is 5.91 Å². The van der Waals surface area contributed by atoms with E-state index in [1.807, 2.05) is 25.7 Å². The lowest BCUT2D eigenvalue weighted by atomic mass is 9.78. The maximum Gasteiger partial charge on any atom is 0.410 e. The van der Waals surface area contributed by atoms with E-state index in [0.717, 1.165) is 31.7 Å². The van der Waals surface area contributed by atoms with Gasteiger partial charge in [0.2, 0.25) is 11.8 Å². The minimum atomic E-state index is -0.851. The van der Waals surface area contributed by atoms with E-state index in [1.165, 1.54) is 18.0 Å². The molecule has 1 atom stereocenters. The smallest absolute Gasteiger partial charge is 0.410 e. The maximum atomic E-state index is 15.1. The molecule has 1 unspecified atom stereocenters. The number of carbonyl (C=O) groups excluding carboxylic acids is 5. The van der Waals surface area contributed by atoms with E-state index in [0.29, 0.717) is 44.3 Å². The molecule has 218 valence electrons. The molecule has 3 aliphatic heterocycles. The van der Waals surface area contributed by atoms with E-state index in [1.54, 1.807) is 4.90 Å². The third-order valence-corrected chi connectivity index (χ3v) is 8.21. The van der Waals surface area contributed by atoms with Crippen molar-refractivity contribution in [1.29, 1.82) is 0 Å². The first-order chi connectivity index (χ1) is 18.9. The van der Waals surface area contributed by atoms with Gasteiger partial charge in [-0.1, -0.05) is 0 Å². The van der Waals surface area contributed by atoms with Crippen molar-refractivity contribution in [2.24, 2.45) is 11.8 Å². The van der Waals surface area contributed by atoms with Crippen molar-refractivity contribution in [3.05, 3.63) is 29.1 Å². The number of imide groups is 1. The molecule has 3 aliphatic rings. The summed E-state index contributed by atoms with van der Waals surface area (Å²) in [6.07, 6.45) is 3.96. The number of likely N-dealkylation sites (N-methyl/N-ethyl adjacent to an activating group) is 1. The summed E-state index contributed by atoms with van der Waals surface area (Å²) in [5.74, 6) is -1.19. The van der Waals surface area contributed by atoms with E-state index < -0.39 is 35.2 Å². The first kappa shape index (κ1) is 29.5. The van der Waals surface area contributed by atoms with Crippen LogP contribution >= 0.6 is 0 Å². The quantitative estimate of drug-likeness (QED) is 0.435. The first-order valence-corrected chi connectivity index (χ1v) is 14.0. The average molecular weight is 559 g/mol. The minimum Gasteiger partial charge on any atom is -0.444 e. The molecule has 0 saturated carbocycles. The number of piperidine rings is 3. The van der Waals surface area contributed by atoms with Crippen LogP contribution in [0.25, 0.3) is 0 Å². The zero-order chi connectivity index (χ0) is 29.2. The Kier molecular flexibility index (Phi) is 8.80. The van der Waals surface area contributed by atoms with E-state index in [4.69, 9.17) is 4.74 Å². The van der Waals surface area contributed by atoms with Crippen LogP contribution in [-0.2, 0) is 14.3 Å². The monoisotopic (exact) mass is 558 g/mol. The molecule has 0 aliphatic carbocycles. The largest absolute Gasteiger partial charge is 0.444 e. The van der Waals surface area contributed by atoms with Crippen LogP contribution in [0.3, 0.4) is 0 Å². The lowest BCUT2D eigenvalue weighted by molar-refractivity contribution is -0.136. The van der Waals surface area contributed by atoms with Crippen molar-refractivity contribution in [2.75, 3.05) is 38.1 Å². The summed E-state index contributed by atoms with van der Waals surface area (Å²) in [5, 5.41) is 2.23. The van der Waals surface area contributed by atoms with E-state index in [9.17, 15) is 24.0 Å². The summed E-state index contributed by atoms with van der Waals surface area (Å²) >= 11 is 0. The van der Waals surface area contributed by atoms with Crippen molar-refractivity contribution in [3.63, 3.8) is 0 Å². The summed E-state index contributed by atoms with van der Waals surface area (Å²) in [7, 11) is 1.44. The van der Waals surface area contributed by atoms with E-state index in [-0.39, 0.29) is 35.7 Å². The number of likely N-dealkylation sites (tertiary alicyclic amines) is 1. The highest BCUT2D eigenvalue weighted by Gasteiger charge is 2.35. The fraction of sp³-hybridized carbons (Fsp3) is 0.621. The maximum absolute atomic E-state index is 15.1. The zero-order valence-corrected chi connectivity index (χ0v) is 23.7. The fourth-order valence-electron chi connectivity index (χ4n) is 5.98. The van der Waals surface area contributed by atoms with E-state index >= 15 is 4.39 Å². The number of benzene rings is 1. The summed E-state index contributed by atoms with van der Waals surface area (Å²) in [5.41, 5.74) is -0.332. The second-order valence-corrected chi connectivity index (χ2v) is 12.0. The highest BCUT2D eigenvalue weighted by molar-refractivity contribution is 6.06. The van der Waals surface area contributed by atoms with Crippen LogP contribution in [0.15, 0.2) is 12.1 Å². The average Bonchev–Trinajstić information content (AvgIpc) is 2.91. The first-order valence-electron chi connectivity index (χ1n) is 14.0. The second kappa shape index (κ2) is 11.9. The molecule has 11 heteroatoms. The molecule has 4 amide bonds. The number of nitrogens with one attached hydrogen (secondary N) is 1. The Hall–Kier alpha value is -3.50. The molecule has 0 aromatic heterocycles. The number of amides is 4. The van der Waals surface area contributed by atoms with Crippen LogP contribution in [0.5, 0.6) is 0 Å². The molecule has 4 rings (SSSR count). The predicted molar refractivity (Wildman–Crippen MR) is 146 cm³/mol. The summed E-state index contributed by atoms with van der Waals surface area (Å²) in [6.45, 7) is 8.10. The number of nitrogens with zero attached hydrogens (tertiary/aromatic N) is 3. The summed E-state index contributed by atoms with van der Waals surface area (Å²) < 4.78 is 20.6. The number of halogens is 1. The molecule has 10 nitrogen and oxygen atoms in total. The second-order valence-electron chi connectivity index (χ2n) is 12.0. The number of hydrogen-bond acceptors (Lipinski definition) is 7. The molecule has 0 radical (unpaired) electrons. The number of rotatable bonds is 5. The van der Waals surface area contributed by atoms with Crippen molar-refractivity contribution < 1.29 is 33.1 Å². The Labute approximate surface area is 234 Å². The Balaban J connectivity index is 1.39. The Morgan fingerprint density at radius 1 is 1.02 bits per heavy atom. The molecule has 3 saturated heterocycles. The van der Waals surface area contributed by atoms with Gasteiger partial charge in [0, 0.05) is 45.2 Å². The van der Waals surface area contributed by atoms with Gasteiger partial charge in [-0.3, -0.25) is 24.5 Å².